The molecule has 3 heteroatoms. The van der Waals surface area contributed by atoms with Gasteiger partial charge in [-0.05, 0) is 45.4 Å². The minimum absolute atomic E-state index is 0.105. The predicted octanol–water partition coefficient (Wildman–Crippen LogP) is 5.44. The molecule has 0 bridgehead atoms. The van der Waals surface area contributed by atoms with Crippen LogP contribution in [0.5, 0.6) is 0 Å². The Morgan fingerprint density at radius 3 is 2.12 bits per heavy atom. The van der Waals surface area contributed by atoms with Gasteiger partial charge in [0.25, 0.3) is 0 Å². The molecule has 0 radical (unpaired) electrons. The summed E-state index contributed by atoms with van der Waals surface area (Å²) >= 11 is 0. The van der Waals surface area contributed by atoms with Crippen LogP contribution >= 0.6 is 0 Å². The van der Waals surface area contributed by atoms with Crippen LogP contribution in [0.4, 0.5) is 0 Å². The Morgan fingerprint density at radius 2 is 1.52 bits per heavy atom. The zero-order chi connectivity index (χ0) is 18.6. The lowest BCUT2D eigenvalue weighted by Crippen LogP contribution is -2.02. The lowest BCUT2D eigenvalue weighted by atomic mass is 10.2. The second-order valence-electron chi connectivity index (χ2n) is 5.61. The van der Waals surface area contributed by atoms with Crippen LogP contribution in [0.3, 0.4) is 0 Å². The Labute approximate surface area is 153 Å². The molecule has 0 aliphatic heterocycles. The quantitative estimate of drug-likeness (QED) is 0.197. The van der Waals surface area contributed by atoms with Crippen LogP contribution in [-0.2, 0) is 9.53 Å². The molecule has 0 fully saturated rings. The molecule has 1 N–H and O–H groups in total. The van der Waals surface area contributed by atoms with E-state index in [1.54, 1.807) is 6.08 Å². The van der Waals surface area contributed by atoms with Gasteiger partial charge < -0.3 is 9.84 Å². The minimum atomic E-state index is -0.336. The Morgan fingerprint density at radius 1 is 0.920 bits per heavy atom. The van der Waals surface area contributed by atoms with Gasteiger partial charge in [0.05, 0.1) is 12.7 Å². The van der Waals surface area contributed by atoms with Crippen LogP contribution in [0.1, 0.15) is 58.8 Å². The number of rotatable bonds is 14. The number of hydrogen-bond acceptors (Lipinski definition) is 3. The fourth-order valence-electron chi connectivity index (χ4n) is 1.92. The molecule has 0 heterocycles. The molecule has 0 amide bonds. The summed E-state index contributed by atoms with van der Waals surface area (Å²) in [6.07, 6.45) is 26.0. The summed E-state index contributed by atoms with van der Waals surface area (Å²) in [5, 5.41) is 9.34. The van der Waals surface area contributed by atoms with Crippen molar-refractivity contribution in [2.45, 2.75) is 64.9 Å². The Bertz CT molecular complexity index is 456. The average Bonchev–Trinajstić information content (AvgIpc) is 2.61. The van der Waals surface area contributed by atoms with Crippen molar-refractivity contribution in [2.24, 2.45) is 0 Å². The monoisotopic (exact) mass is 346 g/mol. The number of allylic oxidation sites excluding steroid dienone is 9. The van der Waals surface area contributed by atoms with Gasteiger partial charge in [0.2, 0.25) is 0 Å². The van der Waals surface area contributed by atoms with Gasteiger partial charge in [-0.1, -0.05) is 67.7 Å². The van der Waals surface area contributed by atoms with Crippen molar-refractivity contribution in [1.29, 1.82) is 0 Å². The number of carbonyl (C=O) groups is 1. The fourth-order valence-corrected chi connectivity index (χ4v) is 1.92. The van der Waals surface area contributed by atoms with E-state index >= 15 is 0 Å². The molecular weight excluding hydrogens is 312 g/mol. The molecule has 0 aromatic heterocycles. The first-order chi connectivity index (χ1) is 12.2. The van der Waals surface area contributed by atoms with Crippen LogP contribution < -0.4 is 0 Å². The molecule has 0 aromatic carbocycles. The highest BCUT2D eigenvalue weighted by Crippen LogP contribution is 2.00. The number of esters is 1. The lowest BCUT2D eigenvalue weighted by molar-refractivity contribution is -0.143. The SMILES string of the molecule is CCOC(=O)CCC/C=C\C/C=C\C/C=C\C/C=C\C=C\C(O)CC. The Balaban J connectivity index is 3.56. The standard InChI is InChI=1S/C22H34O3/c1-3-21(23)19-17-15-13-11-9-7-5-6-8-10-12-14-16-18-20-22(24)25-4-2/h6-9,12-15,17,19,21,23H,3-5,10-11,16,18,20H2,1-2H3/b8-6-,9-7-,14-12-,15-13-,19-17+. The van der Waals surface area contributed by atoms with E-state index in [-0.39, 0.29) is 12.1 Å². The maximum Gasteiger partial charge on any atom is 0.305 e. The average molecular weight is 347 g/mol. The van der Waals surface area contributed by atoms with E-state index in [1.165, 1.54) is 0 Å². The number of unbranched alkanes of at least 4 members (excludes halogenated alkanes) is 1. The Hall–Kier alpha value is -1.87. The molecule has 1 atom stereocenters. The van der Waals surface area contributed by atoms with Crippen molar-refractivity contribution < 1.29 is 14.6 Å². The van der Waals surface area contributed by atoms with Crippen molar-refractivity contribution in [3.8, 4) is 0 Å². The molecular formula is C22H34O3. The Kier molecular flexibility index (Phi) is 17.1. The molecule has 1 unspecified atom stereocenters. The van der Waals surface area contributed by atoms with Gasteiger partial charge >= 0.3 is 5.97 Å². The second-order valence-corrected chi connectivity index (χ2v) is 5.61. The van der Waals surface area contributed by atoms with E-state index in [2.05, 4.69) is 42.5 Å². The summed E-state index contributed by atoms with van der Waals surface area (Å²) in [5.41, 5.74) is 0. The van der Waals surface area contributed by atoms with E-state index in [4.69, 9.17) is 4.74 Å². The fraction of sp³-hybridized carbons (Fsp3) is 0.500. The van der Waals surface area contributed by atoms with Crippen molar-refractivity contribution in [1.82, 2.24) is 0 Å². The zero-order valence-corrected chi connectivity index (χ0v) is 15.8. The first-order valence-electron chi connectivity index (χ1n) is 9.32. The predicted molar refractivity (Wildman–Crippen MR) is 106 cm³/mol. The second kappa shape index (κ2) is 18.5. The normalized spacial score (nSPS) is 13.9. The summed E-state index contributed by atoms with van der Waals surface area (Å²) in [7, 11) is 0. The smallest absolute Gasteiger partial charge is 0.305 e. The molecule has 25 heavy (non-hydrogen) atoms. The maximum absolute atomic E-state index is 11.1. The van der Waals surface area contributed by atoms with E-state index < -0.39 is 0 Å². The van der Waals surface area contributed by atoms with Gasteiger partial charge in [-0.25, -0.2) is 0 Å². The first kappa shape index (κ1) is 23.1. The van der Waals surface area contributed by atoms with Crippen molar-refractivity contribution in [2.75, 3.05) is 6.61 Å². The summed E-state index contributed by atoms with van der Waals surface area (Å²) in [4.78, 5) is 11.1. The third kappa shape index (κ3) is 18.3. The molecule has 0 saturated carbocycles. The third-order valence-electron chi connectivity index (χ3n) is 3.37. The molecule has 0 aliphatic rings. The van der Waals surface area contributed by atoms with Crippen molar-refractivity contribution in [3.05, 3.63) is 60.8 Å². The number of aliphatic hydroxyl groups is 1. The molecule has 0 rings (SSSR count). The van der Waals surface area contributed by atoms with Gasteiger partial charge in [0.15, 0.2) is 0 Å². The van der Waals surface area contributed by atoms with Gasteiger partial charge in [-0.2, -0.15) is 0 Å². The molecule has 0 aromatic rings. The summed E-state index contributed by atoms with van der Waals surface area (Å²) < 4.78 is 4.88. The van der Waals surface area contributed by atoms with E-state index in [0.29, 0.717) is 13.0 Å². The van der Waals surface area contributed by atoms with Gasteiger partial charge in [0, 0.05) is 6.42 Å². The lowest BCUT2D eigenvalue weighted by Gasteiger charge is -1.98. The van der Waals surface area contributed by atoms with E-state index in [0.717, 1.165) is 38.5 Å². The van der Waals surface area contributed by atoms with Crippen LogP contribution in [0.2, 0.25) is 0 Å². The van der Waals surface area contributed by atoms with E-state index in [1.807, 2.05) is 26.0 Å². The number of ether oxygens (including phenoxy) is 1. The summed E-state index contributed by atoms with van der Waals surface area (Å²) in [6, 6.07) is 0. The summed E-state index contributed by atoms with van der Waals surface area (Å²) in [5.74, 6) is -0.105. The van der Waals surface area contributed by atoms with Gasteiger partial charge in [-0.3, -0.25) is 4.79 Å². The highest BCUT2D eigenvalue weighted by atomic mass is 16.5. The number of carbonyl (C=O) groups excluding carboxylic acids is 1. The van der Waals surface area contributed by atoms with Crippen LogP contribution in [0.15, 0.2) is 60.8 Å². The van der Waals surface area contributed by atoms with E-state index in [9.17, 15) is 9.90 Å². The molecule has 0 aliphatic carbocycles. The van der Waals surface area contributed by atoms with Gasteiger partial charge in [0.1, 0.15) is 0 Å². The highest BCUT2D eigenvalue weighted by Gasteiger charge is 1.98. The molecule has 3 nitrogen and oxygen atoms in total. The number of hydrogen-bond donors (Lipinski definition) is 1. The highest BCUT2D eigenvalue weighted by molar-refractivity contribution is 5.69. The molecule has 0 saturated heterocycles. The first-order valence-corrected chi connectivity index (χ1v) is 9.32. The zero-order valence-electron chi connectivity index (χ0n) is 15.8. The molecule has 0 spiro atoms. The molecule has 140 valence electrons. The maximum atomic E-state index is 11.1. The van der Waals surface area contributed by atoms with Crippen molar-refractivity contribution >= 4 is 5.97 Å². The largest absolute Gasteiger partial charge is 0.466 e. The van der Waals surface area contributed by atoms with Crippen molar-refractivity contribution in [3.63, 3.8) is 0 Å². The van der Waals surface area contributed by atoms with Gasteiger partial charge in [-0.15, -0.1) is 0 Å². The topological polar surface area (TPSA) is 46.5 Å². The van der Waals surface area contributed by atoms with Crippen LogP contribution in [-0.4, -0.2) is 23.8 Å². The van der Waals surface area contributed by atoms with Crippen LogP contribution in [0.25, 0.3) is 0 Å². The number of aliphatic hydroxyl groups excluding tert-OH is 1. The third-order valence-corrected chi connectivity index (χ3v) is 3.37. The van der Waals surface area contributed by atoms with Crippen LogP contribution in [0, 0.1) is 0 Å². The summed E-state index contributed by atoms with van der Waals surface area (Å²) in [6.45, 7) is 4.25. The minimum Gasteiger partial charge on any atom is -0.466 e.